The maximum Gasteiger partial charge on any atom is 0.243 e. The van der Waals surface area contributed by atoms with Gasteiger partial charge in [0.1, 0.15) is 5.82 Å². The number of anilines is 1. The fourth-order valence-corrected chi connectivity index (χ4v) is 6.25. The van der Waals surface area contributed by atoms with Gasteiger partial charge in [-0.3, -0.25) is 0 Å². The predicted octanol–water partition coefficient (Wildman–Crippen LogP) is 4.54. The first-order chi connectivity index (χ1) is 16.7. The number of aryl methyl sites for hydroxylation is 1. The molecule has 3 aromatic rings. The summed E-state index contributed by atoms with van der Waals surface area (Å²) in [7, 11) is -1.56. The van der Waals surface area contributed by atoms with E-state index in [0.29, 0.717) is 11.4 Å². The molecule has 1 aliphatic heterocycles. The summed E-state index contributed by atoms with van der Waals surface area (Å²) in [6, 6.07) is 16.9. The fraction of sp³-hybridized carbons (Fsp3) is 0.423. The summed E-state index contributed by atoms with van der Waals surface area (Å²) in [5.41, 5.74) is 2.78. The number of likely N-dealkylation sites (N-methyl/N-ethyl adjacent to an activating group) is 1. The Labute approximate surface area is 217 Å². The van der Waals surface area contributed by atoms with Crippen LogP contribution in [0.25, 0.3) is 5.69 Å². The van der Waals surface area contributed by atoms with Crippen molar-refractivity contribution in [3.05, 3.63) is 70.3 Å². The lowest BCUT2D eigenvalue weighted by Crippen LogP contribution is -2.45. The van der Waals surface area contributed by atoms with Gasteiger partial charge in [0.15, 0.2) is 0 Å². The molecule has 0 bridgehead atoms. The van der Waals surface area contributed by atoms with Gasteiger partial charge in [0, 0.05) is 49.3 Å². The van der Waals surface area contributed by atoms with Crippen molar-refractivity contribution in [1.82, 2.24) is 19.0 Å². The quantitative estimate of drug-likeness (QED) is 0.405. The topological polar surface area (TPSA) is 61.7 Å². The second kappa shape index (κ2) is 10.8. The summed E-state index contributed by atoms with van der Waals surface area (Å²) >= 11 is 3.41. The highest BCUT2D eigenvalue weighted by atomic mass is 79.9. The largest absolute Gasteiger partial charge is 0.354 e. The zero-order chi connectivity index (χ0) is 25.2. The maximum atomic E-state index is 13.8. The van der Waals surface area contributed by atoms with Gasteiger partial charge in [0.05, 0.1) is 16.3 Å². The van der Waals surface area contributed by atoms with E-state index in [1.807, 2.05) is 55.8 Å². The summed E-state index contributed by atoms with van der Waals surface area (Å²) < 4.78 is 32.0. The minimum Gasteiger partial charge on any atom is -0.354 e. The molecule has 0 amide bonds. The van der Waals surface area contributed by atoms with Gasteiger partial charge in [-0.05, 0) is 56.3 Å². The van der Waals surface area contributed by atoms with E-state index in [4.69, 9.17) is 5.10 Å². The molecule has 0 N–H and O–H groups in total. The van der Waals surface area contributed by atoms with Crippen LogP contribution in [0.15, 0.2) is 64.0 Å². The van der Waals surface area contributed by atoms with E-state index in [9.17, 15) is 8.42 Å². The number of benzene rings is 2. The second-order valence-corrected chi connectivity index (χ2v) is 12.4. The summed E-state index contributed by atoms with van der Waals surface area (Å²) in [5.74, 6) is 1.17. The van der Waals surface area contributed by atoms with Crippen molar-refractivity contribution >= 4 is 31.8 Å². The molecule has 0 atom stereocenters. The summed E-state index contributed by atoms with van der Waals surface area (Å²) in [6.07, 6.45) is 0. The number of piperazine rings is 1. The molecule has 0 aliphatic carbocycles. The third-order valence-electron chi connectivity index (χ3n) is 6.32. The Balaban J connectivity index is 1.79. The molecule has 2 aromatic carbocycles. The van der Waals surface area contributed by atoms with E-state index in [1.165, 1.54) is 0 Å². The Morgan fingerprint density at radius 2 is 1.63 bits per heavy atom. The Morgan fingerprint density at radius 3 is 2.23 bits per heavy atom. The van der Waals surface area contributed by atoms with Gasteiger partial charge in [0.2, 0.25) is 10.0 Å². The molecule has 9 heteroatoms. The van der Waals surface area contributed by atoms with Gasteiger partial charge in [-0.25, -0.2) is 13.1 Å². The van der Waals surface area contributed by atoms with E-state index < -0.39 is 10.0 Å². The van der Waals surface area contributed by atoms with Gasteiger partial charge in [-0.2, -0.15) is 9.40 Å². The second-order valence-electron chi connectivity index (χ2n) is 9.57. The van der Waals surface area contributed by atoms with Gasteiger partial charge in [0.25, 0.3) is 0 Å². The van der Waals surface area contributed by atoms with Crippen LogP contribution in [0.3, 0.4) is 0 Å². The Bertz CT molecular complexity index is 1230. The molecule has 0 radical (unpaired) electrons. The van der Waals surface area contributed by atoms with Crippen molar-refractivity contribution in [2.45, 2.75) is 32.2 Å². The third-order valence-corrected chi connectivity index (χ3v) is 8.67. The molecule has 35 heavy (non-hydrogen) atoms. The molecule has 7 nitrogen and oxygen atoms in total. The number of hydrogen-bond donors (Lipinski definition) is 0. The third kappa shape index (κ3) is 5.80. The van der Waals surface area contributed by atoms with Crippen LogP contribution in [-0.2, 0) is 16.6 Å². The van der Waals surface area contributed by atoms with Crippen LogP contribution in [0.2, 0.25) is 0 Å². The van der Waals surface area contributed by atoms with E-state index in [2.05, 4.69) is 32.8 Å². The lowest BCUT2D eigenvalue weighted by Gasteiger charge is -2.35. The van der Waals surface area contributed by atoms with Crippen LogP contribution in [0.5, 0.6) is 0 Å². The van der Waals surface area contributed by atoms with E-state index in [1.54, 1.807) is 28.6 Å². The molecule has 1 aliphatic rings. The molecule has 188 valence electrons. The van der Waals surface area contributed by atoms with Crippen LogP contribution in [0.4, 0.5) is 5.82 Å². The lowest BCUT2D eigenvalue weighted by atomic mass is 10.2. The minimum absolute atomic E-state index is 0.178. The van der Waals surface area contributed by atoms with Crippen molar-refractivity contribution in [1.29, 1.82) is 0 Å². The number of para-hydroxylation sites is 1. The smallest absolute Gasteiger partial charge is 0.243 e. The number of nitrogens with zero attached hydrogens (tertiary/aromatic N) is 5. The molecule has 0 saturated carbocycles. The lowest BCUT2D eigenvalue weighted by molar-refractivity contribution is 0.310. The molecule has 1 aromatic heterocycles. The number of sulfonamides is 1. The Kier molecular flexibility index (Phi) is 8.00. The predicted molar refractivity (Wildman–Crippen MR) is 145 cm³/mol. The first-order valence-electron chi connectivity index (χ1n) is 12.0. The standard InChI is InChI=1S/C26H34BrN5O2S/c1-20(2)18-31(35(33,34)24-12-10-22(27)11-13-24)19-25-21(3)28-32(23-8-6-5-7-9-23)26(25)30-16-14-29(4)15-17-30/h5-13,20H,14-19H2,1-4H3. The molecule has 1 saturated heterocycles. The SMILES string of the molecule is Cc1nn(-c2ccccc2)c(N2CCN(C)CC2)c1CN(CC(C)C)S(=O)(=O)c1ccc(Br)cc1. The van der Waals surface area contributed by atoms with Crippen LogP contribution < -0.4 is 4.90 Å². The van der Waals surface area contributed by atoms with Crippen LogP contribution in [0.1, 0.15) is 25.1 Å². The van der Waals surface area contributed by atoms with Crippen LogP contribution >= 0.6 is 15.9 Å². The van der Waals surface area contributed by atoms with Crippen molar-refractivity contribution in [3.63, 3.8) is 0 Å². The monoisotopic (exact) mass is 559 g/mol. The minimum atomic E-state index is -3.69. The maximum absolute atomic E-state index is 13.8. The fourth-order valence-electron chi connectivity index (χ4n) is 4.41. The van der Waals surface area contributed by atoms with Crippen molar-refractivity contribution < 1.29 is 8.42 Å². The van der Waals surface area contributed by atoms with Crippen molar-refractivity contribution in [2.24, 2.45) is 5.92 Å². The molecule has 0 spiro atoms. The normalized spacial score (nSPS) is 15.3. The first kappa shape index (κ1) is 25.9. The van der Waals surface area contributed by atoms with Crippen molar-refractivity contribution in [3.8, 4) is 5.69 Å². The van der Waals surface area contributed by atoms with E-state index in [0.717, 1.165) is 53.4 Å². The zero-order valence-electron chi connectivity index (χ0n) is 20.9. The molecular formula is C26H34BrN5O2S. The van der Waals surface area contributed by atoms with Gasteiger partial charge in [-0.15, -0.1) is 0 Å². The average molecular weight is 561 g/mol. The summed E-state index contributed by atoms with van der Waals surface area (Å²) in [6.45, 7) is 10.4. The molecular weight excluding hydrogens is 526 g/mol. The van der Waals surface area contributed by atoms with Gasteiger partial charge >= 0.3 is 0 Å². The highest BCUT2D eigenvalue weighted by Gasteiger charge is 2.31. The summed E-state index contributed by atoms with van der Waals surface area (Å²) in [5, 5.41) is 4.91. The number of halogens is 1. The van der Waals surface area contributed by atoms with E-state index >= 15 is 0 Å². The molecule has 1 fully saturated rings. The van der Waals surface area contributed by atoms with Crippen LogP contribution in [0, 0.1) is 12.8 Å². The molecule has 0 unspecified atom stereocenters. The van der Waals surface area contributed by atoms with E-state index in [-0.39, 0.29) is 12.5 Å². The van der Waals surface area contributed by atoms with Crippen LogP contribution in [-0.4, -0.2) is 67.2 Å². The van der Waals surface area contributed by atoms with Gasteiger partial charge < -0.3 is 9.80 Å². The van der Waals surface area contributed by atoms with Crippen molar-refractivity contribution in [2.75, 3.05) is 44.7 Å². The average Bonchev–Trinajstić information content (AvgIpc) is 3.15. The number of hydrogen-bond acceptors (Lipinski definition) is 5. The molecule has 4 rings (SSSR count). The molecule has 2 heterocycles. The summed E-state index contributed by atoms with van der Waals surface area (Å²) in [4.78, 5) is 4.97. The zero-order valence-corrected chi connectivity index (χ0v) is 23.3. The number of rotatable bonds is 8. The number of aromatic nitrogens is 2. The Morgan fingerprint density at radius 1 is 1.00 bits per heavy atom. The first-order valence-corrected chi connectivity index (χ1v) is 14.2. The Hall–Kier alpha value is -2.20. The highest BCUT2D eigenvalue weighted by molar-refractivity contribution is 9.10. The van der Waals surface area contributed by atoms with Gasteiger partial charge in [-0.1, -0.05) is 48.0 Å². The highest BCUT2D eigenvalue weighted by Crippen LogP contribution is 2.31.